The number of thioether (sulfide) groups is 1. The molecule has 2 amide bonds. The average molecular weight is 435 g/mol. The number of imide groups is 1. The van der Waals surface area contributed by atoms with Crippen LogP contribution in [0, 0.1) is 13.8 Å². The molecule has 0 saturated carbocycles. The zero-order chi connectivity index (χ0) is 21.3. The van der Waals surface area contributed by atoms with Crippen molar-refractivity contribution in [3.05, 3.63) is 99.5 Å². The number of benzene rings is 3. The minimum Gasteiger partial charge on any atom is -0.350 e. The van der Waals surface area contributed by atoms with Crippen LogP contribution in [0.4, 0.5) is 11.4 Å². The Balaban J connectivity index is 1.73. The topological polar surface area (TPSA) is 49.4 Å². The van der Waals surface area contributed by atoms with Crippen LogP contribution in [0.1, 0.15) is 11.1 Å². The number of nitrogens with one attached hydrogen (secondary N) is 1. The van der Waals surface area contributed by atoms with E-state index in [0.717, 1.165) is 16.0 Å². The third kappa shape index (κ3) is 4.13. The fraction of sp³-hybridized carbons (Fsp3) is 0.0833. The van der Waals surface area contributed by atoms with E-state index in [9.17, 15) is 9.59 Å². The molecule has 150 valence electrons. The summed E-state index contributed by atoms with van der Waals surface area (Å²) in [7, 11) is 0. The molecule has 4 rings (SSSR count). The molecule has 1 aliphatic rings. The van der Waals surface area contributed by atoms with Crippen LogP contribution in [0.25, 0.3) is 0 Å². The molecule has 1 aliphatic heterocycles. The summed E-state index contributed by atoms with van der Waals surface area (Å²) in [6.07, 6.45) is 0. The maximum Gasteiger partial charge on any atom is 0.283 e. The molecular weight excluding hydrogens is 416 g/mol. The van der Waals surface area contributed by atoms with Crippen LogP contribution in [-0.2, 0) is 9.59 Å². The largest absolute Gasteiger partial charge is 0.350 e. The molecule has 30 heavy (non-hydrogen) atoms. The molecule has 4 nitrogen and oxygen atoms in total. The smallest absolute Gasteiger partial charge is 0.283 e. The minimum atomic E-state index is -0.381. The van der Waals surface area contributed by atoms with Crippen molar-refractivity contribution in [2.75, 3.05) is 10.2 Å². The molecule has 0 aliphatic carbocycles. The zero-order valence-electron chi connectivity index (χ0n) is 16.5. The molecule has 0 atom stereocenters. The van der Waals surface area contributed by atoms with Gasteiger partial charge in [0.1, 0.15) is 10.6 Å². The highest BCUT2D eigenvalue weighted by Crippen LogP contribution is 2.38. The van der Waals surface area contributed by atoms with Crippen molar-refractivity contribution in [3.63, 3.8) is 0 Å². The highest BCUT2D eigenvalue weighted by molar-refractivity contribution is 8.04. The first-order chi connectivity index (χ1) is 14.4. The van der Waals surface area contributed by atoms with Crippen LogP contribution in [0.5, 0.6) is 0 Å². The number of halogens is 1. The molecule has 1 heterocycles. The van der Waals surface area contributed by atoms with Crippen LogP contribution >= 0.6 is 23.4 Å². The third-order valence-electron chi connectivity index (χ3n) is 4.69. The van der Waals surface area contributed by atoms with E-state index < -0.39 is 0 Å². The lowest BCUT2D eigenvalue weighted by Crippen LogP contribution is -2.32. The van der Waals surface area contributed by atoms with E-state index in [1.165, 1.54) is 16.7 Å². The van der Waals surface area contributed by atoms with Gasteiger partial charge < -0.3 is 5.32 Å². The molecule has 3 aromatic rings. The lowest BCUT2D eigenvalue weighted by molar-refractivity contribution is -0.120. The van der Waals surface area contributed by atoms with Crippen LogP contribution in [0.15, 0.2) is 88.3 Å². The maximum atomic E-state index is 13.3. The van der Waals surface area contributed by atoms with Crippen molar-refractivity contribution in [1.82, 2.24) is 0 Å². The summed E-state index contributed by atoms with van der Waals surface area (Å²) in [5, 5.41) is 3.73. The fourth-order valence-corrected chi connectivity index (χ4v) is 4.10. The Morgan fingerprint density at radius 3 is 1.93 bits per heavy atom. The lowest BCUT2D eigenvalue weighted by Gasteiger charge is -2.15. The summed E-state index contributed by atoms with van der Waals surface area (Å²) < 4.78 is 0. The van der Waals surface area contributed by atoms with Gasteiger partial charge in [-0.2, -0.15) is 0 Å². The van der Waals surface area contributed by atoms with Gasteiger partial charge in [0.25, 0.3) is 11.8 Å². The Labute approximate surface area is 184 Å². The number of anilines is 2. The van der Waals surface area contributed by atoms with Gasteiger partial charge in [-0.25, -0.2) is 4.90 Å². The minimum absolute atomic E-state index is 0.258. The molecule has 6 heteroatoms. The molecule has 0 spiro atoms. The van der Waals surface area contributed by atoms with E-state index in [-0.39, 0.29) is 17.5 Å². The number of amides is 2. The van der Waals surface area contributed by atoms with Crippen LogP contribution in [-0.4, -0.2) is 11.8 Å². The lowest BCUT2D eigenvalue weighted by atomic mass is 10.2. The standard InChI is InChI=1S/C24H19ClN2O2S/c1-15-3-11-19(12-4-15)27-23(28)21(26-18-9-7-17(25)8-10-18)22(24(27)29)30-20-13-5-16(2)6-14-20/h3-14,26H,1-2H3. The van der Waals surface area contributed by atoms with E-state index in [4.69, 9.17) is 11.6 Å². The second-order valence-corrected chi connectivity index (χ2v) is 8.55. The van der Waals surface area contributed by atoms with Crippen molar-refractivity contribution in [2.45, 2.75) is 18.7 Å². The summed E-state index contributed by atoms with van der Waals surface area (Å²) in [5.74, 6) is -0.723. The quantitative estimate of drug-likeness (QED) is 0.504. The molecule has 0 aromatic heterocycles. The molecule has 3 aromatic carbocycles. The fourth-order valence-electron chi connectivity index (χ4n) is 3.04. The zero-order valence-corrected chi connectivity index (χ0v) is 18.1. The van der Waals surface area contributed by atoms with E-state index in [1.54, 1.807) is 36.4 Å². The predicted molar refractivity (Wildman–Crippen MR) is 123 cm³/mol. The number of carbonyl (C=O) groups is 2. The number of rotatable bonds is 5. The van der Waals surface area contributed by atoms with Gasteiger partial charge in [0.15, 0.2) is 0 Å². The van der Waals surface area contributed by atoms with Gasteiger partial charge >= 0.3 is 0 Å². The summed E-state index contributed by atoms with van der Waals surface area (Å²) in [4.78, 5) is 29.0. The van der Waals surface area contributed by atoms with Crippen molar-refractivity contribution in [1.29, 1.82) is 0 Å². The first-order valence-corrected chi connectivity index (χ1v) is 10.6. The van der Waals surface area contributed by atoms with E-state index in [0.29, 0.717) is 21.3 Å². The Kier molecular flexibility index (Phi) is 5.66. The highest BCUT2D eigenvalue weighted by Gasteiger charge is 2.40. The second kappa shape index (κ2) is 8.38. The molecule has 0 bridgehead atoms. The van der Waals surface area contributed by atoms with Gasteiger partial charge in [0.05, 0.1) is 5.69 Å². The Hall–Kier alpha value is -3.02. The first-order valence-electron chi connectivity index (χ1n) is 9.39. The van der Waals surface area contributed by atoms with Gasteiger partial charge in [-0.05, 0) is 62.4 Å². The Bertz CT molecular complexity index is 1070. The molecule has 1 N–H and O–H groups in total. The molecule has 0 saturated heterocycles. The first kappa shape index (κ1) is 20.3. The summed E-state index contributed by atoms with van der Waals surface area (Å²) in [5.41, 5.74) is 3.67. The van der Waals surface area contributed by atoms with Crippen LogP contribution in [0.3, 0.4) is 0 Å². The number of nitrogens with zero attached hydrogens (tertiary/aromatic N) is 1. The predicted octanol–water partition coefficient (Wildman–Crippen LogP) is 5.95. The number of carbonyl (C=O) groups excluding carboxylic acids is 2. The van der Waals surface area contributed by atoms with Crippen LogP contribution < -0.4 is 10.2 Å². The van der Waals surface area contributed by atoms with Gasteiger partial charge in [0, 0.05) is 15.6 Å². The monoisotopic (exact) mass is 434 g/mol. The van der Waals surface area contributed by atoms with E-state index >= 15 is 0 Å². The Morgan fingerprint density at radius 2 is 1.33 bits per heavy atom. The molecule has 0 fully saturated rings. The van der Waals surface area contributed by atoms with Crippen LogP contribution in [0.2, 0.25) is 5.02 Å². The normalized spacial score (nSPS) is 13.9. The molecular formula is C24H19ClN2O2S. The van der Waals surface area contributed by atoms with E-state index in [2.05, 4.69) is 5.32 Å². The van der Waals surface area contributed by atoms with E-state index in [1.807, 2.05) is 50.2 Å². The number of aryl methyl sites for hydroxylation is 2. The Morgan fingerprint density at radius 1 is 0.767 bits per heavy atom. The SMILES string of the molecule is Cc1ccc(SC2=C(Nc3ccc(Cl)cc3)C(=O)N(c3ccc(C)cc3)C2=O)cc1. The maximum absolute atomic E-state index is 13.3. The van der Waals surface area contributed by atoms with Crippen molar-refractivity contribution in [3.8, 4) is 0 Å². The summed E-state index contributed by atoms with van der Waals surface area (Å²) in [6, 6.07) is 22.2. The summed E-state index contributed by atoms with van der Waals surface area (Å²) in [6.45, 7) is 3.96. The molecule has 0 radical (unpaired) electrons. The van der Waals surface area contributed by atoms with Gasteiger partial charge in [0.2, 0.25) is 0 Å². The van der Waals surface area contributed by atoms with Gasteiger partial charge in [-0.3, -0.25) is 9.59 Å². The number of hydrogen-bond donors (Lipinski definition) is 1. The summed E-state index contributed by atoms with van der Waals surface area (Å²) >= 11 is 7.25. The number of hydrogen-bond acceptors (Lipinski definition) is 4. The van der Waals surface area contributed by atoms with Crippen molar-refractivity contribution < 1.29 is 9.59 Å². The van der Waals surface area contributed by atoms with Gasteiger partial charge in [-0.15, -0.1) is 0 Å². The van der Waals surface area contributed by atoms with Gasteiger partial charge in [-0.1, -0.05) is 58.8 Å². The highest BCUT2D eigenvalue weighted by atomic mass is 35.5. The van der Waals surface area contributed by atoms with Crippen molar-refractivity contribution in [2.24, 2.45) is 0 Å². The van der Waals surface area contributed by atoms with Crippen molar-refractivity contribution >= 4 is 46.6 Å². The second-order valence-electron chi connectivity index (χ2n) is 7.03. The molecule has 0 unspecified atom stereocenters. The average Bonchev–Trinajstić information content (AvgIpc) is 2.96. The third-order valence-corrected chi connectivity index (χ3v) is 6.03.